The molecule has 0 saturated carbocycles. The molecule has 0 spiro atoms. The van der Waals surface area contributed by atoms with Crippen LogP contribution in [0.15, 0.2) is 0 Å². The summed E-state index contributed by atoms with van der Waals surface area (Å²) >= 11 is 0. The van der Waals surface area contributed by atoms with Crippen molar-refractivity contribution in [3.63, 3.8) is 0 Å². The van der Waals surface area contributed by atoms with Crippen molar-refractivity contribution in [2.75, 3.05) is 25.6 Å². The second-order valence-corrected chi connectivity index (χ2v) is 3.89. The lowest BCUT2D eigenvalue weighted by molar-refractivity contribution is 0.210. The Labute approximate surface area is 107 Å². The second kappa shape index (κ2) is 6.90. The largest absolute Gasteiger partial charge is 0.384 e. The first-order valence-corrected chi connectivity index (χ1v) is 6.11. The number of anilines is 1. The number of ether oxygens (including phenoxy) is 1. The summed E-state index contributed by atoms with van der Waals surface area (Å²) in [4.78, 5) is 0. The fraction of sp³-hybridized carbons (Fsp3) is 0.583. The first kappa shape index (κ1) is 14.4. The number of nitrogens with two attached hydrogens (primary N) is 1. The van der Waals surface area contributed by atoms with E-state index in [1.807, 2.05) is 13.8 Å². The lowest BCUT2D eigenvalue weighted by Gasteiger charge is -2.15. The van der Waals surface area contributed by atoms with E-state index in [0.29, 0.717) is 24.5 Å². The van der Waals surface area contributed by atoms with Crippen LogP contribution in [0, 0.1) is 5.41 Å². The van der Waals surface area contributed by atoms with Crippen molar-refractivity contribution < 1.29 is 4.74 Å². The second-order valence-electron chi connectivity index (χ2n) is 3.89. The van der Waals surface area contributed by atoms with Crippen molar-refractivity contribution in [2.24, 2.45) is 5.73 Å². The maximum Gasteiger partial charge on any atom is 0.160 e. The number of nitrogens with one attached hydrogen (secondary N) is 2. The van der Waals surface area contributed by atoms with Gasteiger partial charge >= 0.3 is 0 Å². The highest BCUT2D eigenvalue weighted by atomic mass is 16.5. The molecule has 0 saturated heterocycles. The van der Waals surface area contributed by atoms with Gasteiger partial charge in [0.2, 0.25) is 0 Å². The zero-order valence-electron chi connectivity index (χ0n) is 11.2. The Kier molecular flexibility index (Phi) is 5.51. The van der Waals surface area contributed by atoms with Crippen LogP contribution in [0.5, 0.6) is 0 Å². The van der Waals surface area contributed by atoms with Crippen LogP contribution in [0.2, 0.25) is 0 Å². The Bertz CT molecular complexity index is 419. The number of nitrogen functional groups attached to an aromatic ring is 1. The zero-order valence-corrected chi connectivity index (χ0v) is 11.2. The predicted molar refractivity (Wildman–Crippen MR) is 72.2 cm³/mol. The molecule has 0 radical (unpaired) electrons. The average molecular weight is 251 g/mol. The Morgan fingerprint density at radius 1 is 1.33 bits per heavy atom. The third-order valence-corrected chi connectivity index (χ3v) is 2.71. The van der Waals surface area contributed by atoms with Crippen LogP contribution < -0.4 is 11.1 Å². The van der Waals surface area contributed by atoms with Gasteiger partial charge in [0, 0.05) is 13.7 Å². The number of methoxy groups -OCH3 is 1. The highest BCUT2D eigenvalue weighted by Gasteiger charge is 2.16. The third-order valence-electron chi connectivity index (χ3n) is 2.71. The van der Waals surface area contributed by atoms with Gasteiger partial charge in [-0.1, -0.05) is 13.8 Å². The summed E-state index contributed by atoms with van der Waals surface area (Å²) in [7, 11) is 1.64. The number of nitrogens with zero attached hydrogens (tertiary/aromatic N) is 2. The molecule has 4 N–H and O–H groups in total. The SMILES string of the molecule is CCc1nnc(NCCOC)c(C(=N)N)c1CC. The molecule has 100 valence electrons. The van der Waals surface area contributed by atoms with E-state index < -0.39 is 0 Å². The summed E-state index contributed by atoms with van der Waals surface area (Å²) < 4.78 is 4.97. The molecule has 6 heteroatoms. The molecule has 0 aliphatic carbocycles. The topological polar surface area (TPSA) is 96.9 Å². The lowest BCUT2D eigenvalue weighted by Crippen LogP contribution is -2.21. The zero-order chi connectivity index (χ0) is 13.5. The minimum atomic E-state index is 0.0244. The molecule has 1 aromatic heterocycles. The molecule has 6 nitrogen and oxygen atoms in total. The maximum atomic E-state index is 7.71. The summed E-state index contributed by atoms with van der Waals surface area (Å²) in [5.41, 5.74) is 8.23. The van der Waals surface area contributed by atoms with Gasteiger partial charge in [0.15, 0.2) is 5.82 Å². The van der Waals surface area contributed by atoms with E-state index in [1.165, 1.54) is 0 Å². The van der Waals surface area contributed by atoms with E-state index in [2.05, 4.69) is 15.5 Å². The van der Waals surface area contributed by atoms with Crippen LogP contribution in [0.3, 0.4) is 0 Å². The summed E-state index contributed by atoms with van der Waals surface area (Å²) in [6, 6.07) is 0. The minimum absolute atomic E-state index is 0.0244. The average Bonchev–Trinajstić information content (AvgIpc) is 2.37. The molecule has 0 aliphatic heterocycles. The first-order valence-electron chi connectivity index (χ1n) is 6.11. The molecule has 18 heavy (non-hydrogen) atoms. The smallest absolute Gasteiger partial charge is 0.160 e. The molecule has 0 fully saturated rings. The van der Waals surface area contributed by atoms with Crippen molar-refractivity contribution >= 4 is 11.7 Å². The Balaban J connectivity index is 3.13. The van der Waals surface area contributed by atoms with Gasteiger partial charge < -0.3 is 15.8 Å². The van der Waals surface area contributed by atoms with Crippen molar-refractivity contribution in [3.8, 4) is 0 Å². The van der Waals surface area contributed by atoms with Crippen molar-refractivity contribution in [3.05, 3.63) is 16.8 Å². The van der Waals surface area contributed by atoms with Crippen molar-refractivity contribution in [2.45, 2.75) is 26.7 Å². The van der Waals surface area contributed by atoms with Crippen molar-refractivity contribution in [1.29, 1.82) is 5.41 Å². The van der Waals surface area contributed by atoms with E-state index in [-0.39, 0.29) is 5.84 Å². The van der Waals surface area contributed by atoms with Gasteiger partial charge in [-0.2, -0.15) is 5.10 Å². The van der Waals surface area contributed by atoms with Crippen LogP contribution in [-0.4, -0.2) is 36.3 Å². The van der Waals surface area contributed by atoms with Gasteiger partial charge in [-0.3, -0.25) is 5.41 Å². The standard InChI is InChI=1S/C12H21N5O/c1-4-8-9(5-2)16-17-12(10(8)11(13)14)15-6-7-18-3/h4-7H2,1-3H3,(H3,13,14)(H,15,17). The van der Waals surface area contributed by atoms with E-state index in [9.17, 15) is 0 Å². The molecule has 0 bridgehead atoms. The molecule has 1 rings (SSSR count). The molecule has 0 aliphatic rings. The summed E-state index contributed by atoms with van der Waals surface area (Å²) in [6.45, 7) is 5.22. The number of amidine groups is 1. The molecule has 0 aromatic carbocycles. The maximum absolute atomic E-state index is 7.71. The summed E-state index contributed by atoms with van der Waals surface area (Å²) in [6.07, 6.45) is 1.57. The lowest BCUT2D eigenvalue weighted by atomic mass is 10.0. The highest BCUT2D eigenvalue weighted by Crippen LogP contribution is 2.20. The number of rotatable bonds is 7. The molecule has 0 atom stereocenters. The van der Waals surface area contributed by atoms with Gasteiger partial charge in [0.05, 0.1) is 17.9 Å². The Morgan fingerprint density at radius 2 is 2.06 bits per heavy atom. The van der Waals surface area contributed by atoms with Crippen LogP contribution in [0.4, 0.5) is 5.82 Å². The highest BCUT2D eigenvalue weighted by molar-refractivity contribution is 6.01. The Hall–Kier alpha value is -1.69. The predicted octanol–water partition coefficient (Wildman–Crippen LogP) is 0.944. The molecule has 1 aromatic rings. The molecule has 0 unspecified atom stereocenters. The third kappa shape index (κ3) is 3.16. The van der Waals surface area contributed by atoms with Crippen LogP contribution >= 0.6 is 0 Å². The van der Waals surface area contributed by atoms with E-state index in [1.54, 1.807) is 7.11 Å². The molecule has 1 heterocycles. The van der Waals surface area contributed by atoms with Gasteiger partial charge in [-0.15, -0.1) is 5.10 Å². The fourth-order valence-electron chi connectivity index (χ4n) is 1.86. The first-order chi connectivity index (χ1) is 8.65. The van der Waals surface area contributed by atoms with Gasteiger partial charge in [-0.05, 0) is 18.4 Å². The van der Waals surface area contributed by atoms with Gasteiger partial charge in [0.1, 0.15) is 5.84 Å². The minimum Gasteiger partial charge on any atom is -0.384 e. The van der Waals surface area contributed by atoms with Crippen LogP contribution in [0.1, 0.15) is 30.7 Å². The quantitative estimate of drug-likeness (QED) is 0.381. The van der Waals surface area contributed by atoms with E-state index in [0.717, 1.165) is 24.1 Å². The normalized spacial score (nSPS) is 10.4. The summed E-state index contributed by atoms with van der Waals surface area (Å²) in [5.74, 6) is 0.588. The molecule has 0 amide bonds. The van der Waals surface area contributed by atoms with Crippen LogP contribution in [-0.2, 0) is 17.6 Å². The monoisotopic (exact) mass is 251 g/mol. The molecular weight excluding hydrogens is 230 g/mol. The number of hydrogen-bond donors (Lipinski definition) is 3. The number of hydrogen-bond acceptors (Lipinski definition) is 5. The van der Waals surface area contributed by atoms with Crippen molar-refractivity contribution in [1.82, 2.24) is 10.2 Å². The van der Waals surface area contributed by atoms with Crippen LogP contribution in [0.25, 0.3) is 0 Å². The Morgan fingerprint density at radius 3 is 2.56 bits per heavy atom. The number of aromatic nitrogens is 2. The number of aryl methyl sites for hydroxylation is 1. The fourth-order valence-corrected chi connectivity index (χ4v) is 1.86. The van der Waals surface area contributed by atoms with Gasteiger partial charge in [-0.25, -0.2) is 0 Å². The van der Waals surface area contributed by atoms with E-state index in [4.69, 9.17) is 15.9 Å². The molecular formula is C12H21N5O. The van der Waals surface area contributed by atoms with E-state index >= 15 is 0 Å². The van der Waals surface area contributed by atoms with Gasteiger partial charge in [0.25, 0.3) is 0 Å². The summed E-state index contributed by atoms with van der Waals surface area (Å²) in [5, 5.41) is 19.1.